The number of pyridine rings is 1. The fourth-order valence-corrected chi connectivity index (χ4v) is 1.48. The van der Waals surface area contributed by atoms with Crippen molar-refractivity contribution in [2.45, 2.75) is 6.92 Å². The topological polar surface area (TPSA) is 26.0 Å². The van der Waals surface area contributed by atoms with Crippen molar-refractivity contribution in [2.24, 2.45) is 0 Å². The molecule has 0 aliphatic carbocycles. The highest BCUT2D eigenvalue weighted by Crippen LogP contribution is 2.24. The van der Waals surface area contributed by atoms with Crippen LogP contribution in [0.5, 0.6) is 0 Å². The third-order valence-corrected chi connectivity index (χ3v) is 1.97. The van der Waals surface area contributed by atoms with Crippen LogP contribution >= 0.6 is 15.9 Å². The minimum absolute atomic E-state index is 0.753. The number of aromatic nitrogens is 1. The number of rotatable bonds is 0. The van der Waals surface area contributed by atoms with Crippen LogP contribution in [-0.2, 0) is 0 Å². The fourth-order valence-electron chi connectivity index (χ4n) is 1.07. The van der Waals surface area contributed by atoms with Gasteiger partial charge in [0, 0.05) is 11.6 Å². The van der Waals surface area contributed by atoms with Gasteiger partial charge in [-0.25, -0.2) is 0 Å². The number of aryl methyl sites for hydroxylation is 1. The van der Waals surface area contributed by atoms with E-state index in [2.05, 4.69) is 20.9 Å². The molecule has 2 nitrogen and oxygen atoms in total. The molecule has 56 valence electrons. The van der Waals surface area contributed by atoms with Gasteiger partial charge in [-0.2, -0.15) is 0 Å². The molecule has 2 rings (SSSR count). The number of nitrogens with zero attached hydrogens (tertiary/aromatic N) is 1. The Labute approximate surface area is 72.4 Å². The van der Waals surface area contributed by atoms with E-state index in [1.54, 1.807) is 6.20 Å². The van der Waals surface area contributed by atoms with Crippen LogP contribution in [0, 0.1) is 6.92 Å². The molecule has 0 spiro atoms. The molecule has 11 heavy (non-hydrogen) atoms. The van der Waals surface area contributed by atoms with E-state index in [1.165, 1.54) is 0 Å². The second-order valence-electron chi connectivity index (χ2n) is 2.37. The smallest absolute Gasteiger partial charge is 0.170 e. The molecule has 0 radical (unpaired) electrons. The summed E-state index contributed by atoms with van der Waals surface area (Å²) < 4.78 is 6.11. The molecule has 2 aromatic rings. The lowest BCUT2D eigenvalue weighted by atomic mass is 10.3. The number of fused-ring (bicyclic) bond motifs is 1. The van der Waals surface area contributed by atoms with Gasteiger partial charge in [-0.15, -0.1) is 0 Å². The molecule has 0 N–H and O–H groups in total. The third-order valence-electron chi connectivity index (χ3n) is 1.58. The van der Waals surface area contributed by atoms with Crippen molar-refractivity contribution < 1.29 is 4.42 Å². The summed E-state index contributed by atoms with van der Waals surface area (Å²) in [6.07, 6.45) is 1.78. The third kappa shape index (κ3) is 1.05. The SMILES string of the molecule is Cc1nccc2cc(Br)oc12. The van der Waals surface area contributed by atoms with E-state index in [1.807, 2.05) is 19.1 Å². The molecule has 0 saturated heterocycles. The predicted octanol–water partition coefficient (Wildman–Crippen LogP) is 2.90. The summed E-state index contributed by atoms with van der Waals surface area (Å²) in [6.45, 7) is 1.93. The maximum atomic E-state index is 5.35. The van der Waals surface area contributed by atoms with Crippen LogP contribution in [0.2, 0.25) is 0 Å². The summed E-state index contributed by atoms with van der Waals surface area (Å²) in [5.74, 6) is 0. The molecule has 0 saturated carbocycles. The minimum atomic E-state index is 0.753. The Hall–Kier alpha value is -0.830. The van der Waals surface area contributed by atoms with E-state index in [-0.39, 0.29) is 0 Å². The Morgan fingerprint density at radius 2 is 2.36 bits per heavy atom. The van der Waals surface area contributed by atoms with Crippen LogP contribution < -0.4 is 0 Å². The highest BCUT2D eigenvalue weighted by Gasteiger charge is 2.02. The van der Waals surface area contributed by atoms with Crippen molar-refractivity contribution in [3.8, 4) is 0 Å². The van der Waals surface area contributed by atoms with E-state index in [0.717, 1.165) is 21.3 Å². The normalized spacial score (nSPS) is 10.7. The molecule has 0 fully saturated rings. The molecule has 0 amide bonds. The van der Waals surface area contributed by atoms with Gasteiger partial charge >= 0.3 is 0 Å². The summed E-state index contributed by atoms with van der Waals surface area (Å²) in [5.41, 5.74) is 1.78. The summed E-state index contributed by atoms with van der Waals surface area (Å²) in [4.78, 5) is 4.11. The summed E-state index contributed by atoms with van der Waals surface area (Å²) >= 11 is 3.26. The van der Waals surface area contributed by atoms with Gasteiger partial charge in [0.2, 0.25) is 0 Å². The van der Waals surface area contributed by atoms with Crippen LogP contribution in [0.3, 0.4) is 0 Å². The van der Waals surface area contributed by atoms with Crippen molar-refractivity contribution in [3.63, 3.8) is 0 Å². The van der Waals surface area contributed by atoms with Gasteiger partial charge in [0.05, 0.1) is 5.69 Å². The van der Waals surface area contributed by atoms with Crippen LogP contribution in [0.25, 0.3) is 11.0 Å². The molecule has 3 heteroatoms. The predicted molar refractivity (Wildman–Crippen MR) is 46.4 cm³/mol. The summed E-state index contributed by atoms with van der Waals surface area (Å²) in [6, 6.07) is 3.86. The van der Waals surface area contributed by atoms with E-state index in [4.69, 9.17) is 4.42 Å². The second-order valence-corrected chi connectivity index (χ2v) is 3.15. The lowest BCUT2D eigenvalue weighted by Gasteiger charge is -1.89. The van der Waals surface area contributed by atoms with Crippen molar-refractivity contribution in [1.29, 1.82) is 0 Å². The number of hydrogen-bond acceptors (Lipinski definition) is 2. The van der Waals surface area contributed by atoms with E-state index in [0.29, 0.717) is 0 Å². The first-order valence-corrected chi connectivity index (χ1v) is 4.07. The highest BCUT2D eigenvalue weighted by molar-refractivity contribution is 9.10. The average Bonchev–Trinajstić information content (AvgIpc) is 2.31. The summed E-state index contributed by atoms with van der Waals surface area (Å²) in [5, 5.41) is 1.09. The second kappa shape index (κ2) is 2.34. The van der Waals surface area contributed by atoms with Crippen LogP contribution in [0.4, 0.5) is 0 Å². The quantitative estimate of drug-likeness (QED) is 0.670. The standard InChI is InChI=1S/C8H6BrNO/c1-5-8-6(2-3-10-5)4-7(9)11-8/h2-4H,1H3. The molecule has 0 aromatic carbocycles. The van der Waals surface area contributed by atoms with E-state index in [9.17, 15) is 0 Å². The Balaban J connectivity index is 2.90. The Bertz CT molecular complexity index is 394. The molecule has 0 unspecified atom stereocenters. The van der Waals surface area contributed by atoms with Crippen LogP contribution in [0.1, 0.15) is 5.69 Å². The molecule has 0 atom stereocenters. The zero-order chi connectivity index (χ0) is 7.84. The van der Waals surface area contributed by atoms with Gasteiger partial charge in [-0.3, -0.25) is 4.98 Å². The lowest BCUT2D eigenvalue weighted by Crippen LogP contribution is -1.77. The first kappa shape index (κ1) is 6.85. The van der Waals surface area contributed by atoms with Gasteiger partial charge < -0.3 is 4.42 Å². The molecular weight excluding hydrogens is 206 g/mol. The Kier molecular flexibility index (Phi) is 1.46. The van der Waals surface area contributed by atoms with Crippen molar-refractivity contribution in [2.75, 3.05) is 0 Å². The van der Waals surface area contributed by atoms with Crippen molar-refractivity contribution in [3.05, 3.63) is 28.7 Å². The molecular formula is C8H6BrNO. The molecule has 2 aromatic heterocycles. The van der Waals surface area contributed by atoms with Crippen molar-refractivity contribution in [1.82, 2.24) is 4.98 Å². The van der Waals surface area contributed by atoms with E-state index >= 15 is 0 Å². The zero-order valence-electron chi connectivity index (χ0n) is 5.97. The highest BCUT2D eigenvalue weighted by atomic mass is 79.9. The van der Waals surface area contributed by atoms with Crippen LogP contribution in [-0.4, -0.2) is 4.98 Å². The van der Waals surface area contributed by atoms with Gasteiger partial charge in [0.25, 0.3) is 0 Å². The largest absolute Gasteiger partial charge is 0.447 e. The van der Waals surface area contributed by atoms with Gasteiger partial charge in [-0.1, -0.05) is 0 Å². The monoisotopic (exact) mass is 211 g/mol. The Morgan fingerprint density at radius 1 is 1.55 bits per heavy atom. The lowest BCUT2D eigenvalue weighted by molar-refractivity contribution is 0.583. The fraction of sp³-hybridized carbons (Fsp3) is 0.125. The molecule has 0 aliphatic rings. The summed E-state index contributed by atoms with van der Waals surface area (Å²) in [7, 11) is 0. The first-order chi connectivity index (χ1) is 5.27. The van der Waals surface area contributed by atoms with E-state index < -0.39 is 0 Å². The molecule has 0 bridgehead atoms. The number of hydrogen-bond donors (Lipinski definition) is 0. The molecule has 0 aliphatic heterocycles. The maximum absolute atomic E-state index is 5.35. The van der Waals surface area contributed by atoms with Crippen LogP contribution in [0.15, 0.2) is 27.4 Å². The van der Waals surface area contributed by atoms with Gasteiger partial charge in [0.1, 0.15) is 0 Å². The first-order valence-electron chi connectivity index (χ1n) is 3.28. The minimum Gasteiger partial charge on any atom is -0.447 e. The average molecular weight is 212 g/mol. The molecule has 2 heterocycles. The number of halogens is 1. The zero-order valence-corrected chi connectivity index (χ0v) is 7.55. The van der Waals surface area contributed by atoms with Crippen molar-refractivity contribution >= 4 is 26.9 Å². The Morgan fingerprint density at radius 3 is 3.09 bits per heavy atom. The van der Waals surface area contributed by atoms with Gasteiger partial charge in [-0.05, 0) is 35.0 Å². The van der Waals surface area contributed by atoms with Gasteiger partial charge in [0.15, 0.2) is 10.3 Å². The maximum Gasteiger partial charge on any atom is 0.170 e. The number of furan rings is 1.